The first-order chi connectivity index (χ1) is 14.1. The molecule has 0 radical (unpaired) electrons. The van der Waals surface area contributed by atoms with Crippen LogP contribution >= 0.6 is 0 Å². The van der Waals surface area contributed by atoms with Crippen LogP contribution < -0.4 is 16.0 Å². The Hall–Kier alpha value is -3.79. The number of aryl methyl sites for hydroxylation is 1. The van der Waals surface area contributed by atoms with Gasteiger partial charge in [-0.05, 0) is 30.2 Å². The minimum Gasteiger partial charge on any atom is -0.361 e. The van der Waals surface area contributed by atoms with Gasteiger partial charge in [-0.1, -0.05) is 36.4 Å². The number of nitrogens with zero attached hydrogens (tertiary/aromatic N) is 1. The number of carbonyl (C=O) groups is 2. The van der Waals surface area contributed by atoms with E-state index in [1.54, 1.807) is 6.07 Å². The third-order valence-electron chi connectivity index (χ3n) is 4.65. The van der Waals surface area contributed by atoms with Gasteiger partial charge in [-0.3, -0.25) is 4.79 Å². The van der Waals surface area contributed by atoms with Crippen LogP contribution in [0.5, 0.6) is 0 Å². The molecule has 1 aromatic heterocycles. The van der Waals surface area contributed by atoms with E-state index in [1.165, 1.54) is 0 Å². The van der Waals surface area contributed by atoms with E-state index in [-0.39, 0.29) is 18.9 Å². The van der Waals surface area contributed by atoms with Gasteiger partial charge in [0.25, 0.3) is 0 Å². The zero-order chi connectivity index (χ0) is 20.6. The molecule has 29 heavy (non-hydrogen) atoms. The molecule has 3 aromatic rings. The number of urea groups is 1. The fourth-order valence-corrected chi connectivity index (χ4v) is 3.12. The topological polar surface area (TPSA) is 110 Å². The summed E-state index contributed by atoms with van der Waals surface area (Å²) in [5, 5.41) is 18.0. The number of nitrogens with one attached hydrogen (secondary N) is 4. The first-order valence-electron chi connectivity index (χ1n) is 9.41. The van der Waals surface area contributed by atoms with Crippen molar-refractivity contribution in [2.75, 3.05) is 11.9 Å². The molecule has 3 amide bonds. The SMILES string of the molecule is Cc1ccccc1NC(=O)NC(Cc1c[nH]c2ccccc12)C(=O)NCCC#N. The Morgan fingerprint density at radius 3 is 2.69 bits per heavy atom. The number of anilines is 1. The molecule has 4 N–H and O–H groups in total. The molecular weight excluding hydrogens is 366 g/mol. The monoisotopic (exact) mass is 389 g/mol. The second-order valence-electron chi connectivity index (χ2n) is 6.73. The number of benzene rings is 2. The molecule has 1 atom stereocenters. The molecule has 0 aliphatic heterocycles. The summed E-state index contributed by atoms with van der Waals surface area (Å²) in [4.78, 5) is 28.4. The molecule has 2 aromatic carbocycles. The van der Waals surface area contributed by atoms with Gasteiger partial charge in [0.05, 0.1) is 12.5 Å². The van der Waals surface area contributed by atoms with Gasteiger partial charge in [-0.15, -0.1) is 0 Å². The van der Waals surface area contributed by atoms with Crippen molar-refractivity contribution in [3.63, 3.8) is 0 Å². The predicted octanol–water partition coefficient (Wildman–Crippen LogP) is 3.24. The molecule has 0 bridgehead atoms. The maximum atomic E-state index is 12.7. The summed E-state index contributed by atoms with van der Waals surface area (Å²) >= 11 is 0. The number of H-pyrrole nitrogens is 1. The van der Waals surface area contributed by atoms with Gasteiger partial charge in [0.2, 0.25) is 5.91 Å². The molecule has 0 spiro atoms. The smallest absolute Gasteiger partial charge is 0.319 e. The van der Waals surface area contributed by atoms with Gasteiger partial charge in [-0.25, -0.2) is 4.79 Å². The Kier molecular flexibility index (Phi) is 6.48. The van der Waals surface area contributed by atoms with Crippen molar-refractivity contribution >= 4 is 28.5 Å². The van der Waals surface area contributed by atoms with Crippen LogP contribution in [0.4, 0.5) is 10.5 Å². The van der Waals surface area contributed by atoms with Gasteiger partial charge in [0.15, 0.2) is 0 Å². The van der Waals surface area contributed by atoms with Gasteiger partial charge in [0, 0.05) is 35.8 Å². The average molecular weight is 389 g/mol. The van der Waals surface area contributed by atoms with Crippen molar-refractivity contribution < 1.29 is 9.59 Å². The van der Waals surface area contributed by atoms with Crippen LogP contribution in [-0.2, 0) is 11.2 Å². The molecular formula is C22H23N5O2. The molecule has 1 unspecified atom stereocenters. The standard InChI is InChI=1S/C22H23N5O2/c1-15-7-2-4-9-18(15)26-22(29)27-20(21(28)24-12-6-11-23)13-16-14-25-19-10-5-3-8-17(16)19/h2-5,7-10,14,20,25H,6,12-13H2,1H3,(H,24,28)(H2,26,27,29). The van der Waals surface area contributed by atoms with E-state index in [9.17, 15) is 9.59 Å². The summed E-state index contributed by atoms with van der Waals surface area (Å²) in [5.41, 5.74) is 3.50. The lowest BCUT2D eigenvalue weighted by molar-refractivity contribution is -0.122. The van der Waals surface area contributed by atoms with E-state index in [0.29, 0.717) is 12.1 Å². The van der Waals surface area contributed by atoms with Crippen LogP contribution in [0.1, 0.15) is 17.5 Å². The molecule has 3 rings (SSSR count). The highest BCUT2D eigenvalue weighted by Crippen LogP contribution is 2.19. The molecule has 148 valence electrons. The quantitative estimate of drug-likeness (QED) is 0.466. The molecule has 0 fully saturated rings. The summed E-state index contributed by atoms with van der Waals surface area (Å²) in [6.07, 6.45) is 2.38. The number of aromatic amines is 1. The first kappa shape index (κ1) is 20.0. The Bertz CT molecular complexity index is 1050. The van der Waals surface area contributed by atoms with Crippen LogP contribution in [-0.4, -0.2) is 29.5 Å². The van der Waals surface area contributed by atoms with Crippen molar-refractivity contribution in [2.24, 2.45) is 0 Å². The van der Waals surface area contributed by atoms with Crippen LogP contribution in [0.2, 0.25) is 0 Å². The van der Waals surface area contributed by atoms with Gasteiger partial charge >= 0.3 is 6.03 Å². The maximum Gasteiger partial charge on any atom is 0.319 e. The van der Waals surface area contributed by atoms with Crippen LogP contribution in [0, 0.1) is 18.3 Å². The summed E-state index contributed by atoms with van der Waals surface area (Å²) in [6, 6.07) is 16.0. The van der Waals surface area contributed by atoms with E-state index in [1.807, 2.05) is 61.7 Å². The number of amides is 3. The van der Waals surface area contributed by atoms with Crippen molar-refractivity contribution in [3.05, 3.63) is 65.9 Å². The van der Waals surface area contributed by atoms with Crippen molar-refractivity contribution in [1.82, 2.24) is 15.6 Å². The molecule has 7 heteroatoms. The molecule has 0 aliphatic carbocycles. The number of hydrogen-bond donors (Lipinski definition) is 4. The molecule has 1 heterocycles. The predicted molar refractivity (Wildman–Crippen MR) is 112 cm³/mol. The molecule has 0 saturated heterocycles. The number of carbonyl (C=O) groups excluding carboxylic acids is 2. The minimum absolute atomic E-state index is 0.209. The minimum atomic E-state index is -0.781. The number of aromatic nitrogens is 1. The lowest BCUT2D eigenvalue weighted by Crippen LogP contribution is -2.49. The first-order valence-corrected chi connectivity index (χ1v) is 9.41. The van der Waals surface area contributed by atoms with Crippen LogP contribution in [0.25, 0.3) is 10.9 Å². The fourth-order valence-electron chi connectivity index (χ4n) is 3.12. The Morgan fingerprint density at radius 1 is 1.14 bits per heavy atom. The molecule has 7 nitrogen and oxygen atoms in total. The Balaban J connectivity index is 1.75. The number of rotatable bonds is 7. The van der Waals surface area contributed by atoms with Crippen LogP contribution in [0.3, 0.4) is 0 Å². The fraction of sp³-hybridized carbons (Fsp3) is 0.227. The van der Waals surface area contributed by atoms with E-state index >= 15 is 0 Å². The van der Waals surface area contributed by atoms with Crippen molar-refractivity contribution in [2.45, 2.75) is 25.8 Å². The normalized spacial score (nSPS) is 11.4. The number of nitriles is 1. The number of hydrogen-bond acceptors (Lipinski definition) is 3. The summed E-state index contributed by atoms with van der Waals surface area (Å²) < 4.78 is 0. The van der Waals surface area contributed by atoms with Crippen molar-refractivity contribution in [1.29, 1.82) is 5.26 Å². The van der Waals surface area contributed by atoms with Crippen LogP contribution in [0.15, 0.2) is 54.7 Å². The zero-order valence-corrected chi connectivity index (χ0v) is 16.2. The molecule has 0 aliphatic rings. The molecule has 0 saturated carbocycles. The van der Waals surface area contributed by atoms with E-state index < -0.39 is 12.1 Å². The highest BCUT2D eigenvalue weighted by atomic mass is 16.2. The number of para-hydroxylation sites is 2. The third kappa shape index (κ3) is 5.14. The Morgan fingerprint density at radius 2 is 1.90 bits per heavy atom. The maximum absolute atomic E-state index is 12.7. The lowest BCUT2D eigenvalue weighted by atomic mass is 10.0. The summed E-state index contributed by atoms with van der Waals surface area (Å²) in [7, 11) is 0. The van der Waals surface area contributed by atoms with Gasteiger partial charge < -0.3 is 20.9 Å². The zero-order valence-electron chi connectivity index (χ0n) is 16.2. The van der Waals surface area contributed by atoms with E-state index in [4.69, 9.17) is 5.26 Å². The summed E-state index contributed by atoms with van der Waals surface area (Å²) in [5.74, 6) is -0.328. The average Bonchev–Trinajstić information content (AvgIpc) is 3.12. The highest BCUT2D eigenvalue weighted by Gasteiger charge is 2.22. The highest BCUT2D eigenvalue weighted by molar-refractivity contribution is 5.94. The number of fused-ring (bicyclic) bond motifs is 1. The second-order valence-corrected chi connectivity index (χ2v) is 6.73. The second kappa shape index (κ2) is 9.42. The lowest BCUT2D eigenvalue weighted by Gasteiger charge is -2.19. The largest absolute Gasteiger partial charge is 0.361 e. The van der Waals surface area contributed by atoms with Gasteiger partial charge in [0.1, 0.15) is 6.04 Å². The van der Waals surface area contributed by atoms with E-state index in [0.717, 1.165) is 22.0 Å². The van der Waals surface area contributed by atoms with Crippen molar-refractivity contribution in [3.8, 4) is 6.07 Å². The van der Waals surface area contributed by atoms with E-state index in [2.05, 4.69) is 20.9 Å². The van der Waals surface area contributed by atoms with Gasteiger partial charge in [-0.2, -0.15) is 5.26 Å². The summed E-state index contributed by atoms with van der Waals surface area (Å²) in [6.45, 7) is 2.13. The third-order valence-corrected chi connectivity index (χ3v) is 4.65. The Labute approximate surface area is 169 Å².